The lowest BCUT2D eigenvalue weighted by atomic mass is 9.90. The van der Waals surface area contributed by atoms with Crippen molar-refractivity contribution in [3.05, 3.63) is 35.9 Å². The number of hydrogen-bond acceptors (Lipinski definition) is 3. The van der Waals surface area contributed by atoms with Gasteiger partial charge in [0.15, 0.2) is 0 Å². The number of rotatable bonds is 6. The normalized spacial score (nSPS) is 21.6. The second-order valence-corrected chi connectivity index (χ2v) is 5.96. The average Bonchev–Trinajstić information content (AvgIpc) is 2.51. The summed E-state index contributed by atoms with van der Waals surface area (Å²) in [7, 11) is 0. The molecule has 1 aromatic rings. The minimum atomic E-state index is -0.815. The Labute approximate surface area is 130 Å². The van der Waals surface area contributed by atoms with Crippen LogP contribution in [0.3, 0.4) is 0 Å². The van der Waals surface area contributed by atoms with E-state index >= 15 is 0 Å². The molecule has 1 amide bonds. The molecule has 0 saturated carbocycles. The van der Waals surface area contributed by atoms with Crippen LogP contribution in [0.15, 0.2) is 30.3 Å². The molecule has 1 aromatic carbocycles. The van der Waals surface area contributed by atoms with Crippen LogP contribution in [-0.2, 0) is 20.9 Å². The van der Waals surface area contributed by atoms with Gasteiger partial charge >= 0.3 is 5.97 Å². The molecular weight excluding hydrogens is 282 g/mol. The molecule has 120 valence electrons. The van der Waals surface area contributed by atoms with Crippen molar-refractivity contribution in [1.29, 1.82) is 0 Å². The minimum absolute atomic E-state index is 0.0224. The number of carboxylic acids is 1. The van der Waals surface area contributed by atoms with E-state index in [0.717, 1.165) is 5.56 Å². The summed E-state index contributed by atoms with van der Waals surface area (Å²) in [5, 5.41) is 9.13. The van der Waals surface area contributed by atoms with E-state index in [1.54, 1.807) is 4.90 Å². The predicted octanol–water partition coefficient (Wildman–Crippen LogP) is 2.16. The van der Waals surface area contributed by atoms with Gasteiger partial charge in [-0.05, 0) is 17.9 Å². The summed E-state index contributed by atoms with van der Waals surface area (Å²) in [5.74, 6) is -1.06. The Balaban J connectivity index is 1.73. The van der Waals surface area contributed by atoms with Crippen LogP contribution < -0.4 is 0 Å². The van der Waals surface area contributed by atoms with Gasteiger partial charge in [0, 0.05) is 13.1 Å². The lowest BCUT2D eigenvalue weighted by molar-refractivity contribution is -0.147. The van der Waals surface area contributed by atoms with Crippen molar-refractivity contribution in [3.8, 4) is 0 Å². The molecule has 2 rings (SSSR count). The smallest absolute Gasteiger partial charge is 0.308 e. The highest BCUT2D eigenvalue weighted by Gasteiger charge is 2.31. The van der Waals surface area contributed by atoms with E-state index in [-0.39, 0.29) is 11.8 Å². The van der Waals surface area contributed by atoms with E-state index in [9.17, 15) is 9.59 Å². The molecule has 0 bridgehead atoms. The summed E-state index contributed by atoms with van der Waals surface area (Å²) in [5.41, 5.74) is 1.08. The van der Waals surface area contributed by atoms with Gasteiger partial charge in [-0.3, -0.25) is 9.59 Å². The van der Waals surface area contributed by atoms with Crippen molar-refractivity contribution in [3.63, 3.8) is 0 Å². The van der Waals surface area contributed by atoms with Crippen LogP contribution in [0.4, 0.5) is 0 Å². The van der Waals surface area contributed by atoms with Crippen LogP contribution in [0.2, 0.25) is 0 Å². The Morgan fingerprint density at radius 1 is 1.27 bits per heavy atom. The van der Waals surface area contributed by atoms with Crippen molar-refractivity contribution < 1.29 is 19.4 Å². The number of aliphatic carboxylic acids is 1. The second kappa shape index (κ2) is 7.94. The van der Waals surface area contributed by atoms with Gasteiger partial charge in [-0.1, -0.05) is 37.3 Å². The van der Waals surface area contributed by atoms with Gasteiger partial charge in [0.05, 0.1) is 25.6 Å². The highest BCUT2D eigenvalue weighted by Crippen LogP contribution is 2.22. The predicted molar refractivity (Wildman–Crippen MR) is 82.2 cm³/mol. The van der Waals surface area contributed by atoms with E-state index in [2.05, 4.69) is 0 Å². The van der Waals surface area contributed by atoms with Gasteiger partial charge in [0.25, 0.3) is 0 Å². The number of likely N-dealkylation sites (tertiary alicyclic amines) is 1. The van der Waals surface area contributed by atoms with E-state index in [1.807, 2.05) is 37.3 Å². The van der Waals surface area contributed by atoms with Gasteiger partial charge in [0.2, 0.25) is 5.91 Å². The molecule has 2 atom stereocenters. The maximum Gasteiger partial charge on any atom is 0.308 e. The highest BCUT2D eigenvalue weighted by atomic mass is 16.5. The van der Waals surface area contributed by atoms with E-state index < -0.39 is 11.9 Å². The molecule has 1 aliphatic heterocycles. The summed E-state index contributed by atoms with van der Waals surface area (Å²) in [6.07, 6.45) is 0.940. The third-order valence-electron chi connectivity index (χ3n) is 3.93. The molecule has 0 radical (unpaired) electrons. The third-order valence-corrected chi connectivity index (χ3v) is 3.93. The molecule has 2 unspecified atom stereocenters. The number of ether oxygens (including phenoxy) is 1. The molecule has 22 heavy (non-hydrogen) atoms. The lowest BCUT2D eigenvalue weighted by Gasteiger charge is -2.34. The Morgan fingerprint density at radius 3 is 2.68 bits per heavy atom. The monoisotopic (exact) mass is 305 g/mol. The standard InChI is InChI=1S/C17H23NO4/c1-13-9-15(17(20)21)11-18(10-13)16(19)7-8-22-12-14-5-3-2-4-6-14/h2-6,13,15H,7-12H2,1H3,(H,20,21). The molecule has 5 nitrogen and oxygen atoms in total. The van der Waals surface area contributed by atoms with Gasteiger partial charge in [0.1, 0.15) is 0 Å². The molecule has 1 N–H and O–H groups in total. The number of nitrogens with zero attached hydrogens (tertiary/aromatic N) is 1. The van der Waals surface area contributed by atoms with Crippen LogP contribution >= 0.6 is 0 Å². The Bertz CT molecular complexity index is 503. The first-order valence-electron chi connectivity index (χ1n) is 7.68. The largest absolute Gasteiger partial charge is 0.481 e. The highest BCUT2D eigenvalue weighted by molar-refractivity contribution is 5.78. The first-order chi connectivity index (χ1) is 10.6. The van der Waals surface area contributed by atoms with Gasteiger partial charge in [-0.25, -0.2) is 0 Å². The first kappa shape index (κ1) is 16.5. The fourth-order valence-corrected chi connectivity index (χ4v) is 2.82. The average molecular weight is 305 g/mol. The maximum absolute atomic E-state index is 12.2. The Morgan fingerprint density at radius 2 is 2.00 bits per heavy atom. The quantitative estimate of drug-likeness (QED) is 0.818. The fourth-order valence-electron chi connectivity index (χ4n) is 2.82. The number of piperidine rings is 1. The van der Waals surface area contributed by atoms with E-state index in [0.29, 0.717) is 39.1 Å². The van der Waals surface area contributed by atoms with Crippen LogP contribution in [0.25, 0.3) is 0 Å². The molecule has 1 fully saturated rings. The zero-order chi connectivity index (χ0) is 15.9. The molecule has 0 spiro atoms. The van der Waals surface area contributed by atoms with E-state index in [4.69, 9.17) is 9.84 Å². The summed E-state index contributed by atoms with van der Waals surface area (Å²) in [6.45, 7) is 3.79. The van der Waals surface area contributed by atoms with Gasteiger partial charge < -0.3 is 14.7 Å². The summed E-state index contributed by atoms with van der Waals surface area (Å²) in [6, 6.07) is 9.80. The molecule has 1 aliphatic rings. The van der Waals surface area contributed by atoms with E-state index in [1.165, 1.54) is 0 Å². The van der Waals surface area contributed by atoms with Crippen molar-refractivity contribution in [2.45, 2.75) is 26.4 Å². The number of amides is 1. The number of benzene rings is 1. The molecule has 5 heteroatoms. The summed E-state index contributed by atoms with van der Waals surface area (Å²) >= 11 is 0. The number of carbonyl (C=O) groups is 2. The number of carbonyl (C=O) groups excluding carboxylic acids is 1. The van der Waals surface area contributed by atoms with Crippen molar-refractivity contribution >= 4 is 11.9 Å². The Kier molecular flexibility index (Phi) is 5.95. The maximum atomic E-state index is 12.2. The first-order valence-corrected chi connectivity index (χ1v) is 7.68. The molecular formula is C17H23NO4. The molecule has 1 saturated heterocycles. The minimum Gasteiger partial charge on any atom is -0.481 e. The summed E-state index contributed by atoms with van der Waals surface area (Å²) in [4.78, 5) is 25.0. The zero-order valence-corrected chi connectivity index (χ0v) is 12.9. The Hall–Kier alpha value is -1.88. The summed E-state index contributed by atoms with van der Waals surface area (Å²) < 4.78 is 5.52. The fraction of sp³-hybridized carbons (Fsp3) is 0.529. The third kappa shape index (κ3) is 4.84. The zero-order valence-electron chi connectivity index (χ0n) is 12.9. The SMILES string of the molecule is CC1CC(C(=O)O)CN(C(=O)CCOCc2ccccc2)C1. The van der Waals surface area contributed by atoms with Gasteiger partial charge in [-0.2, -0.15) is 0 Å². The topological polar surface area (TPSA) is 66.8 Å². The van der Waals surface area contributed by atoms with Crippen LogP contribution in [0.5, 0.6) is 0 Å². The van der Waals surface area contributed by atoms with Crippen molar-refractivity contribution in [2.75, 3.05) is 19.7 Å². The lowest BCUT2D eigenvalue weighted by Crippen LogP contribution is -2.45. The molecule has 0 aliphatic carbocycles. The van der Waals surface area contributed by atoms with Crippen molar-refractivity contribution in [1.82, 2.24) is 4.90 Å². The van der Waals surface area contributed by atoms with Crippen LogP contribution in [0.1, 0.15) is 25.3 Å². The second-order valence-electron chi connectivity index (χ2n) is 5.96. The number of carboxylic acid groups (broad SMARTS) is 1. The molecule has 1 heterocycles. The molecule has 0 aromatic heterocycles. The van der Waals surface area contributed by atoms with Crippen LogP contribution in [0, 0.1) is 11.8 Å². The van der Waals surface area contributed by atoms with Crippen molar-refractivity contribution in [2.24, 2.45) is 11.8 Å². The number of hydrogen-bond donors (Lipinski definition) is 1. The van der Waals surface area contributed by atoms with Crippen LogP contribution in [-0.4, -0.2) is 41.6 Å². The van der Waals surface area contributed by atoms with Gasteiger partial charge in [-0.15, -0.1) is 0 Å².